The van der Waals surface area contributed by atoms with Gasteiger partial charge in [0.1, 0.15) is 18.4 Å². The van der Waals surface area contributed by atoms with Gasteiger partial charge in [0.2, 0.25) is 11.8 Å². The molecule has 1 aromatic rings. The fourth-order valence-electron chi connectivity index (χ4n) is 2.94. The molecule has 2 amide bonds. The maximum Gasteiger partial charge on any atom is 0.226 e. The second-order valence-corrected chi connectivity index (χ2v) is 6.17. The van der Waals surface area contributed by atoms with Crippen molar-refractivity contribution in [3.8, 4) is 5.75 Å². The molecule has 0 aliphatic carbocycles. The summed E-state index contributed by atoms with van der Waals surface area (Å²) in [5.74, 6) is -0.0199. The molecule has 6 nitrogen and oxygen atoms in total. The first-order valence-corrected chi connectivity index (χ1v) is 7.95. The summed E-state index contributed by atoms with van der Waals surface area (Å²) in [5, 5.41) is 14.5. The Bertz CT molecular complexity index is 551. The summed E-state index contributed by atoms with van der Waals surface area (Å²) in [4.78, 5) is 22.7. The molecule has 0 radical (unpaired) electrons. The molecule has 1 aliphatic heterocycles. The second kappa shape index (κ2) is 9.61. The molecule has 24 heavy (non-hydrogen) atoms. The van der Waals surface area contributed by atoms with Gasteiger partial charge in [-0.2, -0.15) is 0 Å². The quantitative estimate of drug-likeness (QED) is 0.444. The number of para-hydroxylation sites is 1. The van der Waals surface area contributed by atoms with Gasteiger partial charge in [-0.05, 0) is 18.6 Å². The number of amides is 2. The Labute approximate surface area is 148 Å². The molecule has 7 heteroatoms. The van der Waals surface area contributed by atoms with E-state index in [0.29, 0.717) is 6.54 Å². The molecule has 0 spiro atoms. The molecule has 0 saturated carbocycles. The van der Waals surface area contributed by atoms with Gasteiger partial charge in [0.05, 0.1) is 13.2 Å². The molecule has 1 fully saturated rings. The van der Waals surface area contributed by atoms with Crippen LogP contribution in [0.5, 0.6) is 5.75 Å². The topological polar surface area (TPSA) is 92.2 Å². The smallest absolute Gasteiger partial charge is 0.226 e. The predicted octanol–water partition coefficient (Wildman–Crippen LogP) is -3.39. The van der Waals surface area contributed by atoms with Crippen LogP contribution in [0, 0.1) is 5.92 Å². The van der Waals surface area contributed by atoms with E-state index in [4.69, 9.17) is 4.74 Å². The summed E-state index contributed by atoms with van der Waals surface area (Å²) in [6.07, 6.45) is 0.578. The number of methoxy groups -OCH3 is 1. The van der Waals surface area contributed by atoms with Gasteiger partial charge >= 0.3 is 0 Å². The third kappa shape index (κ3) is 5.78. The van der Waals surface area contributed by atoms with E-state index in [1.807, 2.05) is 29.6 Å². The summed E-state index contributed by atoms with van der Waals surface area (Å²) in [6, 6.07) is 8.14. The molecule has 1 saturated heterocycles. The SMILES string of the molecule is COc1ccccc1CC(C)[NH2+]CC(O)C1CC(=O)NC(=O)C1.[Cl-]. The lowest BCUT2D eigenvalue weighted by molar-refractivity contribution is -0.692. The Morgan fingerprint density at radius 3 is 2.54 bits per heavy atom. The third-order valence-corrected chi connectivity index (χ3v) is 4.23. The summed E-state index contributed by atoms with van der Waals surface area (Å²) in [5.41, 5.74) is 1.13. The van der Waals surface area contributed by atoms with E-state index in [9.17, 15) is 14.7 Å². The summed E-state index contributed by atoms with van der Waals surface area (Å²) < 4.78 is 5.35. The van der Waals surface area contributed by atoms with Crippen LogP contribution in [0.4, 0.5) is 0 Å². The number of quaternary nitrogens is 1. The van der Waals surface area contributed by atoms with Gasteiger partial charge in [0.15, 0.2) is 0 Å². The van der Waals surface area contributed by atoms with Crippen LogP contribution in [0.2, 0.25) is 0 Å². The average Bonchev–Trinajstić information content (AvgIpc) is 2.52. The zero-order valence-electron chi connectivity index (χ0n) is 14.0. The Morgan fingerprint density at radius 1 is 1.29 bits per heavy atom. The number of imide groups is 1. The van der Waals surface area contributed by atoms with E-state index in [1.165, 1.54) is 0 Å². The predicted molar refractivity (Wildman–Crippen MR) is 84.8 cm³/mol. The first kappa shape index (κ1) is 20.4. The lowest BCUT2D eigenvalue weighted by Crippen LogP contribution is -3.00. The average molecular weight is 357 g/mol. The van der Waals surface area contributed by atoms with Crippen molar-refractivity contribution in [1.29, 1.82) is 0 Å². The Hall–Kier alpha value is -1.63. The van der Waals surface area contributed by atoms with Crippen LogP contribution in [0.15, 0.2) is 24.3 Å². The van der Waals surface area contributed by atoms with Crippen LogP contribution in [0.1, 0.15) is 25.3 Å². The maximum atomic E-state index is 11.4. The summed E-state index contributed by atoms with van der Waals surface area (Å²) >= 11 is 0. The molecule has 2 rings (SSSR count). The van der Waals surface area contributed by atoms with Crippen molar-refractivity contribution in [3.05, 3.63) is 29.8 Å². The van der Waals surface area contributed by atoms with Gasteiger partial charge in [-0.25, -0.2) is 0 Å². The van der Waals surface area contributed by atoms with Crippen molar-refractivity contribution < 1.29 is 37.2 Å². The normalized spacial score (nSPS) is 17.6. The number of nitrogens with one attached hydrogen (secondary N) is 1. The summed E-state index contributed by atoms with van der Waals surface area (Å²) in [6.45, 7) is 2.55. The molecule has 0 aromatic heterocycles. The number of nitrogens with two attached hydrogens (primary N) is 1. The standard InChI is InChI=1S/C17H24N2O4.ClH/c1-11(7-12-5-3-4-6-15(12)23-2)18-10-14(20)13-8-16(21)19-17(22)9-13;/h3-6,11,13-14,18,20H,7-10H2,1-2H3,(H,19,21,22);1H. The van der Waals surface area contributed by atoms with E-state index in [2.05, 4.69) is 12.2 Å². The minimum Gasteiger partial charge on any atom is -1.00 e. The van der Waals surface area contributed by atoms with Gasteiger partial charge in [-0.15, -0.1) is 0 Å². The van der Waals surface area contributed by atoms with Gasteiger partial charge in [-0.3, -0.25) is 14.9 Å². The number of carbonyl (C=O) groups excluding carboxylic acids is 2. The van der Waals surface area contributed by atoms with Crippen molar-refractivity contribution in [2.75, 3.05) is 13.7 Å². The fraction of sp³-hybridized carbons (Fsp3) is 0.529. The Morgan fingerprint density at radius 2 is 1.92 bits per heavy atom. The molecule has 1 aliphatic rings. The van der Waals surface area contributed by atoms with Crippen molar-refractivity contribution in [2.24, 2.45) is 5.92 Å². The van der Waals surface area contributed by atoms with Crippen LogP contribution in [0.25, 0.3) is 0 Å². The number of benzene rings is 1. The molecule has 1 heterocycles. The highest BCUT2D eigenvalue weighted by molar-refractivity contribution is 5.97. The first-order valence-electron chi connectivity index (χ1n) is 7.95. The zero-order chi connectivity index (χ0) is 16.8. The van der Waals surface area contributed by atoms with Crippen LogP contribution >= 0.6 is 0 Å². The lowest BCUT2D eigenvalue weighted by Gasteiger charge is -2.25. The van der Waals surface area contributed by atoms with Crippen LogP contribution in [-0.4, -0.2) is 42.7 Å². The molecular formula is C17H25ClN2O4. The highest BCUT2D eigenvalue weighted by Crippen LogP contribution is 2.19. The molecule has 0 bridgehead atoms. The number of rotatable bonds is 7. The van der Waals surface area contributed by atoms with Crippen molar-refractivity contribution in [2.45, 2.75) is 38.3 Å². The monoisotopic (exact) mass is 356 g/mol. The maximum absolute atomic E-state index is 11.4. The van der Waals surface area contributed by atoms with Crippen molar-refractivity contribution in [3.63, 3.8) is 0 Å². The minimum absolute atomic E-state index is 0. The number of aliphatic hydroxyl groups is 1. The lowest BCUT2D eigenvalue weighted by atomic mass is 9.91. The van der Waals surface area contributed by atoms with Crippen molar-refractivity contribution >= 4 is 11.8 Å². The highest BCUT2D eigenvalue weighted by Gasteiger charge is 2.31. The fourth-order valence-corrected chi connectivity index (χ4v) is 2.94. The van der Waals surface area contributed by atoms with Gasteiger partial charge < -0.3 is 27.6 Å². The van der Waals surface area contributed by atoms with E-state index in [-0.39, 0.29) is 49.0 Å². The number of carbonyl (C=O) groups is 2. The Balaban J connectivity index is 0.00000288. The molecular weight excluding hydrogens is 332 g/mol. The summed E-state index contributed by atoms with van der Waals surface area (Å²) in [7, 11) is 1.65. The van der Waals surface area contributed by atoms with E-state index in [0.717, 1.165) is 17.7 Å². The van der Waals surface area contributed by atoms with E-state index in [1.54, 1.807) is 7.11 Å². The highest BCUT2D eigenvalue weighted by atomic mass is 35.5. The first-order chi connectivity index (χ1) is 11.0. The van der Waals surface area contributed by atoms with Crippen LogP contribution in [-0.2, 0) is 16.0 Å². The Kier molecular flexibility index (Phi) is 8.18. The zero-order valence-corrected chi connectivity index (χ0v) is 14.8. The number of hydrogen-bond acceptors (Lipinski definition) is 4. The van der Waals surface area contributed by atoms with Crippen molar-refractivity contribution in [1.82, 2.24) is 5.32 Å². The van der Waals surface area contributed by atoms with Gasteiger partial charge in [0, 0.05) is 25.2 Å². The number of piperidine rings is 1. The van der Waals surface area contributed by atoms with Crippen LogP contribution < -0.4 is 27.8 Å². The van der Waals surface area contributed by atoms with E-state index < -0.39 is 6.10 Å². The third-order valence-electron chi connectivity index (χ3n) is 4.23. The number of aliphatic hydroxyl groups excluding tert-OH is 1. The number of ether oxygens (including phenoxy) is 1. The van der Waals surface area contributed by atoms with Gasteiger partial charge in [0.25, 0.3) is 0 Å². The largest absolute Gasteiger partial charge is 1.00 e. The minimum atomic E-state index is -0.662. The number of hydrogen-bond donors (Lipinski definition) is 3. The molecule has 134 valence electrons. The molecule has 1 aromatic carbocycles. The molecule has 2 unspecified atom stereocenters. The van der Waals surface area contributed by atoms with Crippen LogP contribution in [0.3, 0.4) is 0 Å². The second-order valence-electron chi connectivity index (χ2n) is 6.17. The van der Waals surface area contributed by atoms with Gasteiger partial charge in [-0.1, -0.05) is 18.2 Å². The number of halogens is 1. The molecule has 4 N–H and O–H groups in total. The van der Waals surface area contributed by atoms with E-state index >= 15 is 0 Å². The molecule has 2 atom stereocenters.